The maximum Gasteiger partial charge on any atom is 0.225 e. The molecule has 0 N–H and O–H groups in total. The quantitative estimate of drug-likeness (QED) is 0.842. The number of rotatable bonds is 3. The molecule has 136 valence electrons. The Hall–Kier alpha value is -1.88. The number of carbonyl (C=O) groups excluding carboxylic acids is 2. The Kier molecular flexibility index (Phi) is 5.74. The summed E-state index contributed by atoms with van der Waals surface area (Å²) < 4.78 is 0. The predicted octanol–water partition coefficient (Wildman–Crippen LogP) is 1.90. The molecule has 0 saturated carbocycles. The highest BCUT2D eigenvalue weighted by molar-refractivity contribution is 5.80. The minimum atomic E-state index is 0.0958. The Morgan fingerprint density at radius 3 is 2.20 bits per heavy atom. The molecule has 2 amide bonds. The zero-order chi connectivity index (χ0) is 17.8. The third-order valence-electron chi connectivity index (χ3n) is 5.63. The lowest BCUT2D eigenvalue weighted by atomic mass is 9.95. The third-order valence-corrected chi connectivity index (χ3v) is 5.63. The number of hydrogen-bond donors (Lipinski definition) is 0. The smallest absolute Gasteiger partial charge is 0.225 e. The van der Waals surface area contributed by atoms with E-state index in [-0.39, 0.29) is 11.8 Å². The Morgan fingerprint density at radius 1 is 0.960 bits per heavy atom. The van der Waals surface area contributed by atoms with E-state index >= 15 is 0 Å². The van der Waals surface area contributed by atoms with Crippen molar-refractivity contribution in [2.75, 3.05) is 39.3 Å². The number of aryl methyl sites for hydroxylation is 1. The van der Waals surface area contributed by atoms with Crippen LogP contribution in [0.3, 0.4) is 0 Å². The second-order valence-electron chi connectivity index (χ2n) is 7.31. The van der Waals surface area contributed by atoms with Crippen LogP contribution in [0.25, 0.3) is 0 Å². The van der Waals surface area contributed by atoms with Crippen LogP contribution < -0.4 is 0 Å². The van der Waals surface area contributed by atoms with Gasteiger partial charge >= 0.3 is 0 Å². The first-order chi connectivity index (χ1) is 12.0. The van der Waals surface area contributed by atoms with Gasteiger partial charge in [0.1, 0.15) is 0 Å². The summed E-state index contributed by atoms with van der Waals surface area (Å²) in [5, 5.41) is 0. The molecular formula is C20H29N3O2. The van der Waals surface area contributed by atoms with Crippen molar-refractivity contribution in [1.29, 1.82) is 0 Å². The molecule has 1 aromatic rings. The summed E-state index contributed by atoms with van der Waals surface area (Å²) in [7, 11) is 0. The second-order valence-corrected chi connectivity index (χ2v) is 7.31. The zero-order valence-corrected chi connectivity index (χ0v) is 15.4. The van der Waals surface area contributed by atoms with Crippen LogP contribution in [-0.4, -0.2) is 65.8 Å². The molecule has 2 heterocycles. The lowest BCUT2D eigenvalue weighted by Crippen LogP contribution is -2.51. The number of amides is 2. The summed E-state index contributed by atoms with van der Waals surface area (Å²) in [6.45, 7) is 9.68. The number of nitrogens with zero attached hydrogens (tertiary/aromatic N) is 3. The van der Waals surface area contributed by atoms with Crippen molar-refractivity contribution in [3.63, 3.8) is 0 Å². The molecule has 2 aliphatic heterocycles. The summed E-state index contributed by atoms with van der Waals surface area (Å²) >= 11 is 0. The van der Waals surface area contributed by atoms with Gasteiger partial charge < -0.3 is 9.80 Å². The van der Waals surface area contributed by atoms with Gasteiger partial charge in [0.15, 0.2) is 0 Å². The van der Waals surface area contributed by atoms with Crippen molar-refractivity contribution in [2.45, 2.75) is 33.2 Å². The van der Waals surface area contributed by atoms with E-state index < -0.39 is 0 Å². The molecule has 2 aliphatic rings. The highest BCUT2D eigenvalue weighted by Gasteiger charge is 2.30. The first-order valence-electron chi connectivity index (χ1n) is 9.36. The molecule has 0 aromatic heterocycles. The highest BCUT2D eigenvalue weighted by atomic mass is 16.2. The molecule has 3 rings (SSSR count). The van der Waals surface area contributed by atoms with Crippen LogP contribution >= 0.6 is 0 Å². The Bertz CT molecular complexity index is 615. The minimum absolute atomic E-state index is 0.0958. The van der Waals surface area contributed by atoms with Gasteiger partial charge in [-0.15, -0.1) is 0 Å². The van der Waals surface area contributed by atoms with Gasteiger partial charge in [0, 0.05) is 58.7 Å². The van der Waals surface area contributed by atoms with Gasteiger partial charge in [-0.1, -0.05) is 24.3 Å². The van der Waals surface area contributed by atoms with E-state index in [0.717, 1.165) is 58.7 Å². The van der Waals surface area contributed by atoms with Gasteiger partial charge in [-0.2, -0.15) is 0 Å². The predicted molar refractivity (Wildman–Crippen MR) is 98.0 cm³/mol. The number of piperazine rings is 1. The van der Waals surface area contributed by atoms with E-state index in [2.05, 4.69) is 36.1 Å². The summed E-state index contributed by atoms with van der Waals surface area (Å²) in [4.78, 5) is 30.5. The van der Waals surface area contributed by atoms with Crippen molar-refractivity contribution >= 4 is 11.8 Å². The van der Waals surface area contributed by atoms with Gasteiger partial charge in [-0.3, -0.25) is 14.5 Å². The fraction of sp³-hybridized carbons (Fsp3) is 0.600. The average molecular weight is 343 g/mol. The van der Waals surface area contributed by atoms with E-state index in [4.69, 9.17) is 0 Å². The van der Waals surface area contributed by atoms with Crippen molar-refractivity contribution in [1.82, 2.24) is 14.7 Å². The maximum atomic E-state index is 12.8. The van der Waals surface area contributed by atoms with Gasteiger partial charge in [-0.25, -0.2) is 0 Å². The van der Waals surface area contributed by atoms with Gasteiger partial charge in [0.2, 0.25) is 11.8 Å². The summed E-state index contributed by atoms with van der Waals surface area (Å²) in [6.07, 6.45) is 1.61. The number of benzene rings is 1. The van der Waals surface area contributed by atoms with Gasteiger partial charge in [0.25, 0.3) is 0 Å². The van der Waals surface area contributed by atoms with Crippen molar-refractivity contribution in [3.05, 3.63) is 35.4 Å². The zero-order valence-electron chi connectivity index (χ0n) is 15.4. The topological polar surface area (TPSA) is 43.9 Å². The molecular weight excluding hydrogens is 314 g/mol. The number of hydrogen-bond acceptors (Lipinski definition) is 3. The molecule has 0 radical (unpaired) electrons. The molecule has 1 aromatic carbocycles. The molecule has 25 heavy (non-hydrogen) atoms. The SMILES string of the molecule is CC(=O)N1CCC(C(=O)N2CCN(Cc3ccccc3C)CC2)CC1. The number of likely N-dealkylation sites (tertiary alicyclic amines) is 1. The molecule has 0 bridgehead atoms. The van der Waals surface area contributed by atoms with Crippen molar-refractivity contribution in [3.8, 4) is 0 Å². The van der Waals surface area contributed by atoms with Crippen LogP contribution in [0.1, 0.15) is 30.9 Å². The molecule has 0 atom stereocenters. The number of piperidine rings is 1. The maximum absolute atomic E-state index is 12.8. The largest absolute Gasteiger partial charge is 0.343 e. The van der Waals surface area contributed by atoms with E-state index in [9.17, 15) is 9.59 Å². The van der Waals surface area contributed by atoms with E-state index in [1.54, 1.807) is 6.92 Å². The minimum Gasteiger partial charge on any atom is -0.343 e. The van der Waals surface area contributed by atoms with Crippen molar-refractivity contribution in [2.24, 2.45) is 5.92 Å². The molecule has 5 nitrogen and oxygen atoms in total. The first kappa shape index (κ1) is 17.9. The van der Waals surface area contributed by atoms with Gasteiger partial charge in [-0.05, 0) is 30.9 Å². The van der Waals surface area contributed by atoms with Crippen LogP contribution in [0, 0.1) is 12.8 Å². The first-order valence-corrected chi connectivity index (χ1v) is 9.36. The van der Waals surface area contributed by atoms with Crippen molar-refractivity contribution < 1.29 is 9.59 Å². The monoisotopic (exact) mass is 343 g/mol. The lowest BCUT2D eigenvalue weighted by Gasteiger charge is -2.38. The molecule has 2 fully saturated rings. The highest BCUT2D eigenvalue weighted by Crippen LogP contribution is 2.21. The second kappa shape index (κ2) is 8.00. The third kappa shape index (κ3) is 4.40. The van der Waals surface area contributed by atoms with E-state index in [0.29, 0.717) is 5.91 Å². The van der Waals surface area contributed by atoms with E-state index in [1.807, 2.05) is 9.80 Å². The molecule has 0 unspecified atom stereocenters. The van der Waals surface area contributed by atoms with Crippen LogP contribution in [-0.2, 0) is 16.1 Å². The standard InChI is InChI=1S/C20H29N3O2/c1-16-5-3-4-6-19(16)15-21-11-13-23(14-12-21)20(25)18-7-9-22(10-8-18)17(2)24/h3-6,18H,7-15H2,1-2H3. The summed E-state index contributed by atoms with van der Waals surface area (Å²) in [6, 6.07) is 8.51. The molecule has 0 spiro atoms. The van der Waals surface area contributed by atoms with Gasteiger partial charge in [0.05, 0.1) is 0 Å². The Morgan fingerprint density at radius 2 is 1.60 bits per heavy atom. The average Bonchev–Trinajstić information content (AvgIpc) is 2.64. The molecule has 5 heteroatoms. The van der Waals surface area contributed by atoms with E-state index in [1.165, 1.54) is 11.1 Å². The molecule has 2 saturated heterocycles. The normalized spacial score (nSPS) is 19.9. The lowest BCUT2D eigenvalue weighted by molar-refractivity contribution is -0.141. The summed E-state index contributed by atoms with van der Waals surface area (Å²) in [5.41, 5.74) is 2.71. The number of carbonyl (C=O) groups is 2. The van der Waals surface area contributed by atoms with Crippen LogP contribution in [0.15, 0.2) is 24.3 Å². The Labute approximate surface area is 150 Å². The fourth-order valence-corrected chi connectivity index (χ4v) is 3.85. The van der Waals surface area contributed by atoms with Crippen LogP contribution in [0.2, 0.25) is 0 Å². The molecule has 0 aliphatic carbocycles. The van der Waals surface area contributed by atoms with Crippen LogP contribution in [0.5, 0.6) is 0 Å². The fourth-order valence-electron chi connectivity index (χ4n) is 3.85. The Balaban J connectivity index is 1.47. The van der Waals surface area contributed by atoms with Crippen LogP contribution in [0.4, 0.5) is 0 Å². The summed E-state index contributed by atoms with van der Waals surface area (Å²) in [5.74, 6) is 0.507.